The van der Waals surface area contributed by atoms with Crippen molar-refractivity contribution in [3.8, 4) is 0 Å². The molecule has 0 bridgehead atoms. The van der Waals surface area contributed by atoms with E-state index in [1.807, 2.05) is 0 Å². The van der Waals surface area contributed by atoms with Gasteiger partial charge in [-0.15, -0.1) is 0 Å². The first-order valence-corrected chi connectivity index (χ1v) is 11.8. The van der Waals surface area contributed by atoms with Gasteiger partial charge in [-0.3, -0.25) is 4.79 Å². The second-order valence-corrected chi connectivity index (χ2v) is 9.35. The third-order valence-corrected chi connectivity index (χ3v) is 5.71. The van der Waals surface area contributed by atoms with Crippen LogP contribution in [0.25, 0.3) is 0 Å². The molecule has 1 aliphatic heterocycles. The molecule has 0 aromatic heterocycles. The third kappa shape index (κ3) is 13.7. The zero-order valence-electron chi connectivity index (χ0n) is 19.0. The second kappa shape index (κ2) is 14.8. The first-order valence-electron chi connectivity index (χ1n) is 11.8. The van der Waals surface area contributed by atoms with Gasteiger partial charge in [0.25, 0.3) is 0 Å². The minimum absolute atomic E-state index is 0.0665. The number of hydrogen-bond donors (Lipinski definition) is 1. The van der Waals surface area contributed by atoms with Crippen LogP contribution >= 0.6 is 0 Å². The number of aliphatic carboxylic acids is 1. The average Bonchev–Trinajstić information content (AvgIpc) is 2.62. The number of carboxylic acid groups (broad SMARTS) is 1. The van der Waals surface area contributed by atoms with Crippen molar-refractivity contribution in [3.63, 3.8) is 0 Å². The van der Waals surface area contributed by atoms with Crippen LogP contribution in [0.3, 0.4) is 0 Å². The first kappa shape index (κ1) is 25.9. The molecule has 1 aliphatic rings. The predicted molar refractivity (Wildman–Crippen MR) is 114 cm³/mol. The normalized spacial score (nSPS) is 21.1. The maximum Gasteiger partial charge on any atom is 0.220 e. The minimum atomic E-state index is -1.09. The van der Waals surface area contributed by atoms with Gasteiger partial charge in [0, 0.05) is 25.4 Å². The van der Waals surface area contributed by atoms with Crippen molar-refractivity contribution in [2.75, 3.05) is 33.7 Å². The summed E-state index contributed by atoms with van der Waals surface area (Å²) >= 11 is 0. The number of likely N-dealkylation sites (N-methyl/N-ethyl adjacent to an activating group) is 1. The van der Waals surface area contributed by atoms with Crippen LogP contribution in [-0.2, 0) is 14.3 Å². The van der Waals surface area contributed by atoms with Crippen LogP contribution in [0.5, 0.6) is 0 Å². The molecule has 2 atom stereocenters. The summed E-state index contributed by atoms with van der Waals surface area (Å²) in [5.74, 6) is -1.02. The zero-order chi connectivity index (χ0) is 21.5. The highest BCUT2D eigenvalue weighted by molar-refractivity contribution is 5.75. The first-order chi connectivity index (χ1) is 13.8. The summed E-state index contributed by atoms with van der Waals surface area (Å²) < 4.78 is 6.53. The third-order valence-electron chi connectivity index (χ3n) is 5.71. The van der Waals surface area contributed by atoms with Crippen LogP contribution < -0.4 is 10.4 Å². The monoisotopic (exact) mass is 412 g/mol. The molecule has 1 amide bonds. The lowest BCUT2D eigenvalue weighted by Gasteiger charge is -2.42. The van der Waals surface area contributed by atoms with E-state index in [9.17, 15) is 14.7 Å². The molecule has 29 heavy (non-hydrogen) atoms. The fourth-order valence-corrected chi connectivity index (χ4v) is 4.21. The van der Waals surface area contributed by atoms with Gasteiger partial charge in [0.2, 0.25) is 5.91 Å². The van der Waals surface area contributed by atoms with Crippen LogP contribution in [0.2, 0.25) is 0 Å². The Balaban J connectivity index is 2.05. The second-order valence-electron chi connectivity index (χ2n) is 9.35. The zero-order valence-corrected chi connectivity index (χ0v) is 19.0. The van der Waals surface area contributed by atoms with Gasteiger partial charge in [-0.25, -0.2) is 0 Å². The van der Waals surface area contributed by atoms with Gasteiger partial charge in [-0.05, 0) is 6.42 Å². The lowest BCUT2D eigenvalue weighted by molar-refractivity contribution is -0.905. The molecule has 1 heterocycles. The van der Waals surface area contributed by atoms with Crippen molar-refractivity contribution in [1.29, 1.82) is 0 Å². The van der Waals surface area contributed by atoms with Gasteiger partial charge in [-0.1, -0.05) is 71.1 Å². The highest BCUT2D eigenvalue weighted by Gasteiger charge is 2.34. The van der Waals surface area contributed by atoms with Crippen LogP contribution in [0.15, 0.2) is 0 Å². The van der Waals surface area contributed by atoms with E-state index in [4.69, 9.17) is 4.74 Å². The molecule has 0 unspecified atom stereocenters. The fraction of sp³-hybridized carbons (Fsp3) is 0.913. The highest BCUT2D eigenvalue weighted by atomic mass is 16.5. The molecule has 0 aromatic carbocycles. The molecule has 6 nitrogen and oxygen atoms in total. The molecular formula is C23H44N2O4. The number of ether oxygens (including phenoxy) is 1. The van der Waals surface area contributed by atoms with E-state index in [2.05, 4.69) is 26.3 Å². The summed E-state index contributed by atoms with van der Waals surface area (Å²) in [6.07, 6.45) is 14.0. The molecule has 0 spiro atoms. The summed E-state index contributed by atoms with van der Waals surface area (Å²) in [4.78, 5) is 23.0. The van der Waals surface area contributed by atoms with Crippen molar-refractivity contribution >= 4 is 11.9 Å². The summed E-state index contributed by atoms with van der Waals surface area (Å²) in [5, 5.41) is 13.8. The van der Waals surface area contributed by atoms with Crippen molar-refractivity contribution in [1.82, 2.24) is 5.32 Å². The Morgan fingerprint density at radius 1 is 0.897 bits per heavy atom. The van der Waals surface area contributed by atoms with Crippen molar-refractivity contribution in [2.45, 2.75) is 103 Å². The Hall–Kier alpha value is -1.14. The Bertz CT molecular complexity index is 468. The van der Waals surface area contributed by atoms with Crippen LogP contribution in [0.1, 0.15) is 90.4 Å². The topological polar surface area (TPSA) is 78.5 Å². The lowest BCUT2D eigenvalue weighted by atomic mass is 10.1. The van der Waals surface area contributed by atoms with E-state index in [1.54, 1.807) is 0 Å². The fourth-order valence-electron chi connectivity index (χ4n) is 4.21. The number of hydrogen-bond acceptors (Lipinski definition) is 4. The van der Waals surface area contributed by atoms with Crippen LogP contribution in [0, 0.1) is 0 Å². The van der Waals surface area contributed by atoms with E-state index < -0.39 is 5.97 Å². The number of carbonyl (C=O) groups excluding carboxylic acids is 2. The summed E-state index contributed by atoms with van der Waals surface area (Å²) in [7, 11) is 4.12. The van der Waals surface area contributed by atoms with E-state index in [1.165, 1.54) is 57.8 Å². The maximum absolute atomic E-state index is 12.1. The smallest absolute Gasteiger partial charge is 0.220 e. The standard InChI is InChI=1S/C23H44N2O4/c1-4-5-6-7-8-9-10-11-12-13-14-15-22(26)24-17-21-19-25(2,3)18-20(29-21)16-23(27)28/h20-21H,4-19H2,1-3H3,(H-,24,26,27,28)/t20-,21-/m0/s1. The Kier molecular flexibility index (Phi) is 13.2. The van der Waals surface area contributed by atoms with Gasteiger partial charge >= 0.3 is 0 Å². The van der Waals surface area contributed by atoms with Gasteiger partial charge < -0.3 is 24.4 Å². The molecule has 0 aliphatic carbocycles. The van der Waals surface area contributed by atoms with E-state index in [-0.39, 0.29) is 24.5 Å². The quantitative estimate of drug-likeness (QED) is 0.312. The van der Waals surface area contributed by atoms with Crippen LogP contribution in [-0.4, -0.2) is 62.3 Å². The number of nitrogens with zero attached hydrogens (tertiary/aromatic N) is 1. The molecule has 0 saturated carbocycles. The number of nitrogens with one attached hydrogen (secondary N) is 1. The molecule has 1 fully saturated rings. The number of unbranched alkanes of at least 4 members (excludes halogenated alkanes) is 10. The molecular weight excluding hydrogens is 368 g/mol. The van der Waals surface area contributed by atoms with Gasteiger partial charge in [0.05, 0.1) is 14.1 Å². The van der Waals surface area contributed by atoms with Gasteiger partial charge in [0.1, 0.15) is 25.3 Å². The van der Waals surface area contributed by atoms with Gasteiger partial charge in [-0.2, -0.15) is 0 Å². The molecule has 0 aromatic rings. The Labute approximate surface area is 178 Å². The number of carboxylic acids is 1. The van der Waals surface area contributed by atoms with E-state index >= 15 is 0 Å². The lowest BCUT2D eigenvalue weighted by Crippen LogP contribution is -2.59. The van der Waals surface area contributed by atoms with Crippen molar-refractivity contribution < 1.29 is 23.9 Å². The molecule has 170 valence electrons. The number of quaternary nitrogens is 1. The Morgan fingerprint density at radius 2 is 1.41 bits per heavy atom. The minimum Gasteiger partial charge on any atom is -0.550 e. The number of carbonyl (C=O) groups is 2. The number of amides is 1. The summed E-state index contributed by atoms with van der Waals surface area (Å²) in [6.45, 7) is 4.11. The SMILES string of the molecule is CCCCCCCCCCCCCC(=O)NC[C@H]1C[N+](C)(C)C[C@H](CC(=O)[O-])O1. The van der Waals surface area contributed by atoms with Crippen molar-refractivity contribution in [2.24, 2.45) is 0 Å². The predicted octanol–water partition coefficient (Wildman–Crippen LogP) is 2.79. The van der Waals surface area contributed by atoms with Crippen molar-refractivity contribution in [3.05, 3.63) is 0 Å². The number of morpholine rings is 1. The number of rotatable bonds is 16. The van der Waals surface area contributed by atoms with Gasteiger partial charge in [0.15, 0.2) is 0 Å². The Morgan fingerprint density at radius 3 is 1.97 bits per heavy atom. The largest absolute Gasteiger partial charge is 0.550 e. The average molecular weight is 413 g/mol. The maximum atomic E-state index is 12.1. The van der Waals surface area contributed by atoms with E-state index in [0.717, 1.165) is 19.4 Å². The molecule has 0 radical (unpaired) electrons. The summed E-state index contributed by atoms with van der Waals surface area (Å²) in [6, 6.07) is 0. The van der Waals surface area contributed by atoms with E-state index in [0.29, 0.717) is 24.0 Å². The van der Waals surface area contributed by atoms with Crippen LogP contribution in [0.4, 0.5) is 0 Å². The highest BCUT2D eigenvalue weighted by Crippen LogP contribution is 2.17. The molecule has 1 N–H and O–H groups in total. The molecule has 1 rings (SSSR count). The molecule has 1 saturated heterocycles. The summed E-state index contributed by atoms with van der Waals surface area (Å²) in [5.41, 5.74) is 0. The molecule has 6 heteroatoms.